The molecule has 1 unspecified atom stereocenters. The molecule has 1 heterocycles. The van der Waals surface area contributed by atoms with Crippen LogP contribution in [-0.4, -0.2) is 42.0 Å². The predicted molar refractivity (Wildman–Crippen MR) is 69.2 cm³/mol. The zero-order chi connectivity index (χ0) is 13.0. The van der Waals surface area contributed by atoms with Crippen LogP contribution in [0.2, 0.25) is 0 Å². The van der Waals surface area contributed by atoms with E-state index in [4.69, 9.17) is 0 Å². The fourth-order valence-electron chi connectivity index (χ4n) is 2.79. The molecule has 18 heavy (non-hydrogen) atoms. The standard InChI is InChI=1S/C13H23N3O2/c1-10(9-16-8-4-7-12(16)17)14-13(18)15-11-5-2-3-6-11/h10-11H,2-9H2,1H3,(H2,14,15,18). The molecule has 1 aliphatic heterocycles. The summed E-state index contributed by atoms with van der Waals surface area (Å²) in [6, 6.07) is 0.250. The molecule has 1 saturated heterocycles. The molecule has 3 amide bonds. The van der Waals surface area contributed by atoms with Gasteiger partial charge < -0.3 is 15.5 Å². The second-order valence-electron chi connectivity index (χ2n) is 5.44. The monoisotopic (exact) mass is 253 g/mol. The average molecular weight is 253 g/mol. The maximum Gasteiger partial charge on any atom is 0.315 e. The number of likely N-dealkylation sites (tertiary alicyclic amines) is 1. The minimum Gasteiger partial charge on any atom is -0.341 e. The quantitative estimate of drug-likeness (QED) is 0.792. The van der Waals surface area contributed by atoms with E-state index in [1.165, 1.54) is 12.8 Å². The highest BCUT2D eigenvalue weighted by atomic mass is 16.2. The van der Waals surface area contributed by atoms with E-state index >= 15 is 0 Å². The Morgan fingerprint density at radius 2 is 2.11 bits per heavy atom. The molecular weight excluding hydrogens is 230 g/mol. The van der Waals surface area contributed by atoms with Gasteiger partial charge in [0.1, 0.15) is 0 Å². The Labute approximate surface area is 108 Å². The Balaban J connectivity index is 1.67. The zero-order valence-electron chi connectivity index (χ0n) is 11.1. The summed E-state index contributed by atoms with van der Waals surface area (Å²) in [7, 11) is 0. The van der Waals surface area contributed by atoms with E-state index in [1.807, 2.05) is 11.8 Å². The van der Waals surface area contributed by atoms with E-state index < -0.39 is 0 Å². The van der Waals surface area contributed by atoms with Crippen molar-refractivity contribution in [3.8, 4) is 0 Å². The first-order chi connectivity index (χ1) is 8.65. The van der Waals surface area contributed by atoms with Crippen LogP contribution in [0.1, 0.15) is 45.4 Å². The molecule has 2 fully saturated rings. The Morgan fingerprint density at radius 1 is 1.39 bits per heavy atom. The van der Waals surface area contributed by atoms with Crippen LogP contribution in [0, 0.1) is 0 Å². The third-order valence-electron chi connectivity index (χ3n) is 3.73. The molecule has 0 spiro atoms. The Morgan fingerprint density at radius 3 is 2.72 bits per heavy atom. The first-order valence-corrected chi connectivity index (χ1v) is 7.00. The van der Waals surface area contributed by atoms with Gasteiger partial charge in [-0.15, -0.1) is 0 Å². The van der Waals surface area contributed by atoms with Crippen molar-refractivity contribution in [3.05, 3.63) is 0 Å². The maximum atomic E-state index is 11.7. The average Bonchev–Trinajstić information content (AvgIpc) is 2.91. The van der Waals surface area contributed by atoms with Gasteiger partial charge in [-0.05, 0) is 26.2 Å². The second-order valence-corrected chi connectivity index (χ2v) is 5.44. The van der Waals surface area contributed by atoms with Gasteiger partial charge in [-0.3, -0.25) is 4.79 Å². The van der Waals surface area contributed by atoms with Crippen molar-refractivity contribution in [2.24, 2.45) is 0 Å². The van der Waals surface area contributed by atoms with E-state index in [0.29, 0.717) is 19.0 Å². The van der Waals surface area contributed by atoms with Gasteiger partial charge in [-0.25, -0.2) is 4.79 Å². The summed E-state index contributed by atoms with van der Waals surface area (Å²) < 4.78 is 0. The lowest BCUT2D eigenvalue weighted by molar-refractivity contribution is -0.127. The van der Waals surface area contributed by atoms with Crippen molar-refractivity contribution in [2.45, 2.75) is 57.5 Å². The molecule has 0 radical (unpaired) electrons. The van der Waals surface area contributed by atoms with Crippen LogP contribution in [0.3, 0.4) is 0 Å². The number of rotatable bonds is 4. The predicted octanol–water partition coefficient (Wildman–Crippen LogP) is 1.24. The van der Waals surface area contributed by atoms with Crippen molar-refractivity contribution < 1.29 is 9.59 Å². The van der Waals surface area contributed by atoms with Gasteiger partial charge in [0.2, 0.25) is 5.91 Å². The lowest BCUT2D eigenvalue weighted by Crippen LogP contribution is -2.48. The SMILES string of the molecule is CC(CN1CCCC1=O)NC(=O)NC1CCCC1. The summed E-state index contributed by atoms with van der Waals surface area (Å²) in [5.41, 5.74) is 0. The van der Waals surface area contributed by atoms with Gasteiger partial charge in [0.05, 0.1) is 0 Å². The van der Waals surface area contributed by atoms with Gasteiger partial charge in [0, 0.05) is 31.6 Å². The molecule has 102 valence electrons. The summed E-state index contributed by atoms with van der Waals surface area (Å²) >= 11 is 0. The molecule has 1 saturated carbocycles. The Kier molecular flexibility index (Phi) is 4.44. The Bertz CT molecular complexity index is 313. The summed E-state index contributed by atoms with van der Waals surface area (Å²) in [5, 5.41) is 5.90. The zero-order valence-corrected chi connectivity index (χ0v) is 11.1. The summed E-state index contributed by atoms with van der Waals surface area (Å²) in [4.78, 5) is 25.0. The van der Waals surface area contributed by atoms with E-state index in [2.05, 4.69) is 10.6 Å². The van der Waals surface area contributed by atoms with Crippen LogP contribution in [0.15, 0.2) is 0 Å². The molecule has 0 aromatic rings. The van der Waals surface area contributed by atoms with Crippen LogP contribution in [0.25, 0.3) is 0 Å². The molecule has 5 heteroatoms. The summed E-state index contributed by atoms with van der Waals surface area (Å²) in [5.74, 6) is 0.208. The van der Waals surface area contributed by atoms with Crippen LogP contribution >= 0.6 is 0 Å². The highest BCUT2D eigenvalue weighted by molar-refractivity contribution is 5.78. The van der Waals surface area contributed by atoms with Crippen LogP contribution < -0.4 is 10.6 Å². The fraction of sp³-hybridized carbons (Fsp3) is 0.846. The first kappa shape index (κ1) is 13.2. The van der Waals surface area contributed by atoms with E-state index in [9.17, 15) is 9.59 Å². The molecule has 2 N–H and O–H groups in total. The third kappa shape index (κ3) is 3.62. The summed E-state index contributed by atoms with van der Waals surface area (Å²) in [6.07, 6.45) is 6.20. The van der Waals surface area contributed by atoms with Crippen molar-refractivity contribution in [3.63, 3.8) is 0 Å². The number of hydrogen-bond donors (Lipinski definition) is 2. The van der Waals surface area contributed by atoms with Crippen molar-refractivity contribution >= 4 is 11.9 Å². The molecular formula is C13H23N3O2. The third-order valence-corrected chi connectivity index (χ3v) is 3.73. The van der Waals surface area contributed by atoms with Gasteiger partial charge in [0.25, 0.3) is 0 Å². The fourth-order valence-corrected chi connectivity index (χ4v) is 2.79. The minimum atomic E-state index is -0.0963. The molecule has 2 rings (SSSR count). The number of carbonyl (C=O) groups excluding carboxylic acids is 2. The molecule has 5 nitrogen and oxygen atoms in total. The van der Waals surface area contributed by atoms with Gasteiger partial charge in [-0.1, -0.05) is 12.8 Å². The summed E-state index contributed by atoms with van der Waals surface area (Å²) in [6.45, 7) is 3.39. The lowest BCUT2D eigenvalue weighted by atomic mass is 10.2. The Hall–Kier alpha value is -1.26. The molecule has 1 aliphatic carbocycles. The van der Waals surface area contributed by atoms with Crippen LogP contribution in [-0.2, 0) is 4.79 Å². The lowest BCUT2D eigenvalue weighted by Gasteiger charge is -2.22. The largest absolute Gasteiger partial charge is 0.341 e. The highest BCUT2D eigenvalue weighted by Gasteiger charge is 2.23. The molecule has 0 bridgehead atoms. The second kappa shape index (κ2) is 6.07. The number of hydrogen-bond acceptors (Lipinski definition) is 2. The topological polar surface area (TPSA) is 61.4 Å². The first-order valence-electron chi connectivity index (χ1n) is 7.00. The highest BCUT2D eigenvalue weighted by Crippen LogP contribution is 2.17. The number of urea groups is 1. The normalized spacial score (nSPS) is 22.3. The van der Waals surface area contributed by atoms with Crippen LogP contribution in [0.4, 0.5) is 4.79 Å². The maximum absolute atomic E-state index is 11.7. The van der Waals surface area contributed by atoms with Crippen molar-refractivity contribution in [1.82, 2.24) is 15.5 Å². The van der Waals surface area contributed by atoms with Crippen LogP contribution in [0.5, 0.6) is 0 Å². The minimum absolute atomic E-state index is 0.00783. The smallest absolute Gasteiger partial charge is 0.315 e. The number of nitrogens with zero attached hydrogens (tertiary/aromatic N) is 1. The molecule has 2 aliphatic rings. The van der Waals surface area contributed by atoms with Crippen molar-refractivity contribution in [1.29, 1.82) is 0 Å². The number of nitrogens with one attached hydrogen (secondary N) is 2. The van der Waals surface area contributed by atoms with Gasteiger partial charge in [0.15, 0.2) is 0 Å². The molecule has 0 aromatic heterocycles. The molecule has 1 atom stereocenters. The van der Waals surface area contributed by atoms with Gasteiger partial charge >= 0.3 is 6.03 Å². The van der Waals surface area contributed by atoms with Crippen molar-refractivity contribution in [2.75, 3.05) is 13.1 Å². The molecule has 0 aromatic carbocycles. The van der Waals surface area contributed by atoms with E-state index in [0.717, 1.165) is 25.8 Å². The number of amides is 3. The number of carbonyl (C=O) groups is 2. The van der Waals surface area contributed by atoms with E-state index in [-0.39, 0.29) is 18.0 Å². The van der Waals surface area contributed by atoms with E-state index in [1.54, 1.807) is 0 Å². The van der Waals surface area contributed by atoms with Gasteiger partial charge in [-0.2, -0.15) is 0 Å².